The Morgan fingerprint density at radius 3 is 2.20 bits per heavy atom. The van der Waals surface area contributed by atoms with Crippen molar-refractivity contribution in [2.45, 2.75) is 52.9 Å². The molecular formula is C13H22O2. The molecule has 1 aliphatic rings. The zero-order valence-electron chi connectivity index (χ0n) is 10.1. The van der Waals surface area contributed by atoms with Crippen molar-refractivity contribution in [2.75, 3.05) is 0 Å². The van der Waals surface area contributed by atoms with Gasteiger partial charge in [0.1, 0.15) is 11.6 Å². The highest BCUT2D eigenvalue weighted by molar-refractivity contribution is 5.88. The monoisotopic (exact) mass is 210 g/mol. The molecule has 1 rings (SSSR count). The molecule has 1 unspecified atom stereocenters. The van der Waals surface area contributed by atoms with Crippen LogP contribution in [-0.2, 0) is 9.59 Å². The molecule has 0 amide bonds. The van der Waals surface area contributed by atoms with Crippen LogP contribution in [0.15, 0.2) is 0 Å². The van der Waals surface area contributed by atoms with Gasteiger partial charge in [0.15, 0.2) is 0 Å². The Kier molecular flexibility index (Phi) is 4.49. The fourth-order valence-electron chi connectivity index (χ4n) is 2.48. The van der Waals surface area contributed by atoms with Gasteiger partial charge in [-0.15, -0.1) is 0 Å². The molecule has 2 heteroatoms. The van der Waals surface area contributed by atoms with Gasteiger partial charge in [0.05, 0.1) is 0 Å². The quantitative estimate of drug-likeness (QED) is 0.714. The summed E-state index contributed by atoms with van der Waals surface area (Å²) in [7, 11) is 0. The van der Waals surface area contributed by atoms with Crippen LogP contribution in [0.25, 0.3) is 0 Å². The topological polar surface area (TPSA) is 34.1 Å². The van der Waals surface area contributed by atoms with Gasteiger partial charge in [0, 0.05) is 18.3 Å². The van der Waals surface area contributed by atoms with E-state index in [2.05, 4.69) is 6.92 Å². The molecule has 0 N–H and O–H groups in total. The van der Waals surface area contributed by atoms with Crippen LogP contribution in [0.5, 0.6) is 0 Å². The normalized spacial score (nSPS) is 28.5. The summed E-state index contributed by atoms with van der Waals surface area (Å²) in [6.07, 6.45) is 4.82. The zero-order chi connectivity index (χ0) is 11.4. The van der Waals surface area contributed by atoms with Crippen molar-refractivity contribution in [3.05, 3.63) is 0 Å². The fraction of sp³-hybridized carbons (Fsp3) is 0.846. The Balaban J connectivity index is 2.42. The number of rotatable bonds is 4. The molecule has 0 heterocycles. The molecule has 0 aromatic rings. The third-order valence-electron chi connectivity index (χ3n) is 3.50. The van der Waals surface area contributed by atoms with Gasteiger partial charge in [-0.3, -0.25) is 4.79 Å². The third kappa shape index (κ3) is 3.77. The van der Waals surface area contributed by atoms with Crippen LogP contribution >= 0.6 is 0 Å². The molecule has 0 radical (unpaired) electrons. The van der Waals surface area contributed by atoms with E-state index in [0.29, 0.717) is 12.2 Å². The summed E-state index contributed by atoms with van der Waals surface area (Å²) in [5, 5.41) is 0. The van der Waals surface area contributed by atoms with Gasteiger partial charge in [-0.25, -0.2) is 0 Å². The number of carbonyl (C=O) groups excluding carboxylic acids is 2. The van der Waals surface area contributed by atoms with Crippen molar-refractivity contribution in [3.63, 3.8) is 0 Å². The molecule has 0 aliphatic heterocycles. The number of carbonyl (C=O) groups is 2. The predicted molar refractivity (Wildman–Crippen MR) is 60.6 cm³/mol. The van der Waals surface area contributed by atoms with Gasteiger partial charge in [-0.05, 0) is 25.7 Å². The molecule has 0 saturated heterocycles. The van der Waals surface area contributed by atoms with E-state index in [1.807, 2.05) is 6.92 Å². The average Bonchev–Trinajstić information content (AvgIpc) is 2.17. The van der Waals surface area contributed by atoms with Crippen molar-refractivity contribution in [1.82, 2.24) is 0 Å². The molecule has 0 spiro atoms. The maximum Gasteiger partial charge on any atom is 0.139 e. The lowest BCUT2D eigenvalue weighted by molar-refractivity contribution is -0.130. The van der Waals surface area contributed by atoms with Crippen LogP contribution in [0.1, 0.15) is 52.9 Å². The third-order valence-corrected chi connectivity index (χ3v) is 3.50. The van der Waals surface area contributed by atoms with E-state index >= 15 is 0 Å². The van der Waals surface area contributed by atoms with Gasteiger partial charge < -0.3 is 4.79 Å². The van der Waals surface area contributed by atoms with E-state index in [1.165, 1.54) is 12.8 Å². The number of hydrogen-bond donors (Lipinski definition) is 0. The molecule has 2 nitrogen and oxygen atoms in total. The van der Waals surface area contributed by atoms with Crippen molar-refractivity contribution >= 4 is 11.6 Å². The lowest BCUT2D eigenvalue weighted by Gasteiger charge is -2.26. The zero-order valence-corrected chi connectivity index (χ0v) is 10.1. The van der Waals surface area contributed by atoms with E-state index in [1.54, 1.807) is 6.92 Å². The van der Waals surface area contributed by atoms with Crippen molar-refractivity contribution in [2.24, 2.45) is 17.8 Å². The second-order valence-electron chi connectivity index (χ2n) is 5.17. The first-order chi connectivity index (χ1) is 7.00. The van der Waals surface area contributed by atoms with Gasteiger partial charge in [-0.1, -0.05) is 26.7 Å². The maximum absolute atomic E-state index is 12.0. The minimum atomic E-state index is -0.0686. The van der Waals surface area contributed by atoms with Crippen LogP contribution in [-0.4, -0.2) is 11.6 Å². The second-order valence-corrected chi connectivity index (χ2v) is 5.17. The van der Waals surface area contributed by atoms with Crippen molar-refractivity contribution in [1.29, 1.82) is 0 Å². The van der Waals surface area contributed by atoms with Gasteiger partial charge in [0.25, 0.3) is 0 Å². The Morgan fingerprint density at radius 2 is 1.73 bits per heavy atom. The van der Waals surface area contributed by atoms with Crippen LogP contribution in [0.2, 0.25) is 0 Å². The summed E-state index contributed by atoms with van der Waals surface area (Å²) in [4.78, 5) is 22.9. The highest BCUT2D eigenvalue weighted by Crippen LogP contribution is 2.30. The van der Waals surface area contributed by atoms with E-state index < -0.39 is 0 Å². The molecule has 1 saturated carbocycles. The van der Waals surface area contributed by atoms with Gasteiger partial charge in [0.2, 0.25) is 0 Å². The van der Waals surface area contributed by atoms with Crippen LogP contribution in [0.4, 0.5) is 0 Å². The summed E-state index contributed by atoms with van der Waals surface area (Å²) < 4.78 is 0. The lowest BCUT2D eigenvalue weighted by Crippen LogP contribution is -2.26. The van der Waals surface area contributed by atoms with Crippen molar-refractivity contribution in [3.8, 4) is 0 Å². The number of Topliss-reactive ketones (excluding diaryl/α,β-unsaturated/α-hetero) is 2. The van der Waals surface area contributed by atoms with Gasteiger partial charge in [-0.2, -0.15) is 0 Å². The smallest absolute Gasteiger partial charge is 0.139 e. The molecule has 0 bridgehead atoms. The Bertz CT molecular complexity index is 237. The van der Waals surface area contributed by atoms with Crippen LogP contribution < -0.4 is 0 Å². The molecular weight excluding hydrogens is 188 g/mol. The van der Waals surface area contributed by atoms with Gasteiger partial charge >= 0.3 is 0 Å². The minimum Gasteiger partial charge on any atom is -0.300 e. The Hall–Kier alpha value is -0.660. The summed E-state index contributed by atoms with van der Waals surface area (Å²) in [6.45, 7) is 5.70. The van der Waals surface area contributed by atoms with Crippen molar-refractivity contribution < 1.29 is 9.59 Å². The first-order valence-electron chi connectivity index (χ1n) is 6.04. The molecule has 1 atom stereocenters. The lowest BCUT2D eigenvalue weighted by atomic mass is 9.77. The van der Waals surface area contributed by atoms with E-state index in [4.69, 9.17) is 0 Å². The Morgan fingerprint density at radius 1 is 1.20 bits per heavy atom. The average molecular weight is 210 g/mol. The van der Waals surface area contributed by atoms with E-state index in [9.17, 15) is 9.59 Å². The molecule has 86 valence electrons. The SMILES string of the molecule is CC(=O)CC(C)C(=O)C1CCC(C)CC1. The first kappa shape index (κ1) is 12.4. The maximum atomic E-state index is 12.0. The summed E-state index contributed by atoms with van der Waals surface area (Å²) in [6, 6.07) is 0. The number of hydrogen-bond acceptors (Lipinski definition) is 2. The van der Waals surface area contributed by atoms with E-state index in [0.717, 1.165) is 18.8 Å². The molecule has 0 aromatic heterocycles. The summed E-state index contributed by atoms with van der Waals surface area (Å²) in [5.41, 5.74) is 0. The first-order valence-corrected chi connectivity index (χ1v) is 6.04. The second kappa shape index (κ2) is 5.43. The highest BCUT2D eigenvalue weighted by atomic mass is 16.1. The number of ketones is 2. The summed E-state index contributed by atoms with van der Waals surface area (Å²) >= 11 is 0. The standard InChI is InChI=1S/C13H22O2/c1-9-4-6-12(7-5-9)13(15)10(2)8-11(3)14/h9-10,12H,4-8H2,1-3H3. The molecule has 1 aliphatic carbocycles. The van der Waals surface area contributed by atoms with E-state index in [-0.39, 0.29) is 17.6 Å². The molecule has 15 heavy (non-hydrogen) atoms. The highest BCUT2D eigenvalue weighted by Gasteiger charge is 2.27. The predicted octanol–water partition coefficient (Wildman–Crippen LogP) is 3.00. The summed E-state index contributed by atoms with van der Waals surface area (Å²) in [5.74, 6) is 1.38. The molecule has 1 fully saturated rings. The molecule has 0 aromatic carbocycles. The fourth-order valence-corrected chi connectivity index (χ4v) is 2.48. The van der Waals surface area contributed by atoms with Crippen LogP contribution in [0.3, 0.4) is 0 Å². The largest absolute Gasteiger partial charge is 0.300 e. The Labute approximate surface area is 92.4 Å². The van der Waals surface area contributed by atoms with Crippen LogP contribution in [0, 0.1) is 17.8 Å². The minimum absolute atomic E-state index is 0.0686.